The van der Waals surface area contributed by atoms with Crippen LogP contribution in [0, 0.1) is 0 Å². The molecule has 1 aliphatic heterocycles. The number of aldehydes is 1. The van der Waals surface area contributed by atoms with Crippen molar-refractivity contribution in [1.82, 2.24) is 4.90 Å². The van der Waals surface area contributed by atoms with E-state index in [1.807, 2.05) is 0 Å². The number of piperidine rings is 1. The number of β-amino-alcohol motifs (C(OH)–C–C–N with tert-alkyl or cyclic N) is 1. The smallest absolute Gasteiger partial charge is 0.253 e. The van der Waals surface area contributed by atoms with Gasteiger partial charge in [0.15, 0.2) is 0 Å². The zero-order valence-corrected chi connectivity index (χ0v) is 9.50. The number of amides is 1. The molecular formula is C13H15NO3. The molecule has 0 aliphatic carbocycles. The highest BCUT2D eigenvalue weighted by Crippen LogP contribution is 2.14. The zero-order valence-electron chi connectivity index (χ0n) is 9.50. The number of benzene rings is 1. The number of rotatable bonds is 2. The molecule has 1 amide bonds. The lowest BCUT2D eigenvalue weighted by Crippen LogP contribution is -2.42. The molecular weight excluding hydrogens is 218 g/mol. The summed E-state index contributed by atoms with van der Waals surface area (Å²) < 4.78 is 0. The van der Waals surface area contributed by atoms with Gasteiger partial charge >= 0.3 is 0 Å². The van der Waals surface area contributed by atoms with Crippen molar-refractivity contribution in [2.24, 2.45) is 0 Å². The molecule has 0 radical (unpaired) electrons. The molecule has 1 atom stereocenters. The van der Waals surface area contributed by atoms with E-state index in [1.165, 1.54) is 0 Å². The van der Waals surface area contributed by atoms with E-state index in [2.05, 4.69) is 0 Å². The van der Waals surface area contributed by atoms with Crippen molar-refractivity contribution < 1.29 is 14.7 Å². The Bertz CT molecular complexity index is 413. The third kappa shape index (κ3) is 2.71. The second-order valence-corrected chi connectivity index (χ2v) is 4.29. The second kappa shape index (κ2) is 5.10. The Morgan fingerprint density at radius 2 is 2.06 bits per heavy atom. The molecule has 4 nitrogen and oxygen atoms in total. The summed E-state index contributed by atoms with van der Waals surface area (Å²) in [5, 5.41) is 9.52. The van der Waals surface area contributed by atoms with Gasteiger partial charge in [0.25, 0.3) is 5.91 Å². The number of nitrogens with zero attached hydrogens (tertiary/aromatic N) is 1. The van der Waals surface area contributed by atoms with Crippen LogP contribution in [-0.4, -0.2) is 41.4 Å². The summed E-state index contributed by atoms with van der Waals surface area (Å²) in [6, 6.07) is 6.54. The molecule has 17 heavy (non-hydrogen) atoms. The summed E-state index contributed by atoms with van der Waals surface area (Å²) in [5.41, 5.74) is 1.12. The molecule has 2 rings (SSSR count). The molecule has 1 fully saturated rings. The van der Waals surface area contributed by atoms with E-state index < -0.39 is 6.10 Å². The van der Waals surface area contributed by atoms with Gasteiger partial charge in [0.1, 0.15) is 6.29 Å². The van der Waals surface area contributed by atoms with Gasteiger partial charge in [0.2, 0.25) is 0 Å². The van der Waals surface area contributed by atoms with E-state index in [1.54, 1.807) is 29.2 Å². The Morgan fingerprint density at radius 3 is 2.65 bits per heavy atom. The SMILES string of the molecule is O=Cc1ccc(C(=O)N2CCC[C@@H](O)C2)cc1. The largest absolute Gasteiger partial charge is 0.391 e. The topological polar surface area (TPSA) is 57.6 Å². The van der Waals surface area contributed by atoms with Gasteiger partial charge in [-0.05, 0) is 25.0 Å². The Morgan fingerprint density at radius 1 is 1.35 bits per heavy atom. The molecule has 0 unspecified atom stereocenters. The van der Waals surface area contributed by atoms with Crippen molar-refractivity contribution in [1.29, 1.82) is 0 Å². The van der Waals surface area contributed by atoms with Crippen molar-refractivity contribution >= 4 is 12.2 Å². The quantitative estimate of drug-likeness (QED) is 0.778. The first-order valence-electron chi connectivity index (χ1n) is 5.73. The van der Waals surface area contributed by atoms with Crippen LogP contribution in [0.3, 0.4) is 0 Å². The van der Waals surface area contributed by atoms with Crippen LogP contribution in [-0.2, 0) is 0 Å². The minimum Gasteiger partial charge on any atom is -0.391 e. The number of hydrogen-bond donors (Lipinski definition) is 1. The van der Waals surface area contributed by atoms with Crippen molar-refractivity contribution in [3.8, 4) is 0 Å². The summed E-state index contributed by atoms with van der Waals surface area (Å²) >= 11 is 0. The van der Waals surface area contributed by atoms with E-state index in [4.69, 9.17) is 0 Å². The summed E-state index contributed by atoms with van der Waals surface area (Å²) in [6.45, 7) is 1.08. The minimum atomic E-state index is -0.415. The summed E-state index contributed by atoms with van der Waals surface area (Å²) in [6.07, 6.45) is 1.92. The lowest BCUT2D eigenvalue weighted by atomic mass is 10.1. The molecule has 0 aromatic heterocycles. The van der Waals surface area contributed by atoms with Gasteiger partial charge in [-0.2, -0.15) is 0 Å². The Labute approximate surface area is 99.9 Å². The molecule has 0 saturated carbocycles. The van der Waals surface area contributed by atoms with E-state index in [-0.39, 0.29) is 5.91 Å². The molecule has 4 heteroatoms. The van der Waals surface area contributed by atoms with Gasteiger partial charge in [-0.15, -0.1) is 0 Å². The maximum atomic E-state index is 12.1. The van der Waals surface area contributed by atoms with Crippen LogP contribution in [0.2, 0.25) is 0 Å². The summed E-state index contributed by atoms with van der Waals surface area (Å²) in [4.78, 5) is 24.2. The van der Waals surface area contributed by atoms with Gasteiger partial charge in [-0.3, -0.25) is 9.59 Å². The fourth-order valence-corrected chi connectivity index (χ4v) is 2.03. The van der Waals surface area contributed by atoms with E-state index >= 15 is 0 Å². The van der Waals surface area contributed by atoms with Crippen LogP contribution in [0.25, 0.3) is 0 Å². The molecule has 1 aromatic rings. The predicted molar refractivity (Wildman–Crippen MR) is 63.0 cm³/mol. The van der Waals surface area contributed by atoms with Crippen LogP contribution < -0.4 is 0 Å². The summed E-state index contributed by atoms with van der Waals surface area (Å²) in [5.74, 6) is -0.0822. The number of likely N-dealkylation sites (tertiary alicyclic amines) is 1. The monoisotopic (exact) mass is 233 g/mol. The van der Waals surface area contributed by atoms with Crippen LogP contribution >= 0.6 is 0 Å². The molecule has 1 heterocycles. The van der Waals surface area contributed by atoms with Gasteiger partial charge in [0.05, 0.1) is 6.10 Å². The van der Waals surface area contributed by atoms with Crippen molar-refractivity contribution in [3.05, 3.63) is 35.4 Å². The number of carbonyl (C=O) groups excluding carboxylic acids is 2. The fourth-order valence-electron chi connectivity index (χ4n) is 2.03. The number of aliphatic hydroxyl groups excluding tert-OH is 1. The standard InChI is InChI=1S/C13H15NO3/c15-9-10-3-5-11(6-4-10)13(17)14-7-1-2-12(16)8-14/h3-6,9,12,16H,1-2,7-8H2/t12-/m1/s1. The molecule has 1 aliphatic rings. The predicted octanol–water partition coefficient (Wildman–Crippen LogP) is 1.10. The van der Waals surface area contributed by atoms with Crippen LogP contribution in [0.4, 0.5) is 0 Å². The third-order valence-corrected chi connectivity index (χ3v) is 2.98. The highest BCUT2D eigenvalue weighted by atomic mass is 16.3. The number of aliphatic hydroxyl groups is 1. The molecule has 0 bridgehead atoms. The molecule has 1 N–H and O–H groups in total. The number of carbonyl (C=O) groups is 2. The first kappa shape index (κ1) is 11.8. The van der Waals surface area contributed by atoms with E-state index in [9.17, 15) is 14.7 Å². The lowest BCUT2D eigenvalue weighted by molar-refractivity contribution is 0.0473. The van der Waals surface area contributed by atoms with Crippen LogP contribution in [0.5, 0.6) is 0 Å². The lowest BCUT2D eigenvalue weighted by Gasteiger charge is -2.30. The Kier molecular flexibility index (Phi) is 3.54. The maximum absolute atomic E-state index is 12.1. The van der Waals surface area contributed by atoms with Crippen LogP contribution in [0.1, 0.15) is 33.6 Å². The normalized spacial score (nSPS) is 20.1. The first-order chi connectivity index (χ1) is 8.20. The molecule has 1 saturated heterocycles. The van der Waals surface area contributed by atoms with Crippen molar-refractivity contribution in [2.45, 2.75) is 18.9 Å². The van der Waals surface area contributed by atoms with Gasteiger partial charge < -0.3 is 10.0 Å². The third-order valence-electron chi connectivity index (χ3n) is 2.98. The average Bonchev–Trinajstić information content (AvgIpc) is 2.38. The molecule has 0 spiro atoms. The Hall–Kier alpha value is -1.68. The molecule has 1 aromatic carbocycles. The number of hydrogen-bond acceptors (Lipinski definition) is 3. The summed E-state index contributed by atoms with van der Waals surface area (Å²) in [7, 11) is 0. The van der Waals surface area contributed by atoms with E-state index in [0.29, 0.717) is 24.2 Å². The minimum absolute atomic E-state index is 0.0822. The zero-order chi connectivity index (χ0) is 12.3. The molecule has 90 valence electrons. The first-order valence-corrected chi connectivity index (χ1v) is 5.73. The highest BCUT2D eigenvalue weighted by Gasteiger charge is 2.22. The maximum Gasteiger partial charge on any atom is 0.253 e. The second-order valence-electron chi connectivity index (χ2n) is 4.29. The van der Waals surface area contributed by atoms with Gasteiger partial charge in [-0.1, -0.05) is 12.1 Å². The van der Waals surface area contributed by atoms with Crippen molar-refractivity contribution in [3.63, 3.8) is 0 Å². The van der Waals surface area contributed by atoms with Crippen LogP contribution in [0.15, 0.2) is 24.3 Å². The Balaban J connectivity index is 2.10. The fraction of sp³-hybridized carbons (Fsp3) is 0.385. The average molecular weight is 233 g/mol. The van der Waals surface area contributed by atoms with Gasteiger partial charge in [-0.25, -0.2) is 0 Å². The van der Waals surface area contributed by atoms with Gasteiger partial charge in [0, 0.05) is 24.2 Å². The highest BCUT2D eigenvalue weighted by molar-refractivity contribution is 5.95. The van der Waals surface area contributed by atoms with Crippen molar-refractivity contribution in [2.75, 3.05) is 13.1 Å². The van der Waals surface area contributed by atoms with E-state index in [0.717, 1.165) is 19.1 Å².